The molecule has 1 saturated carbocycles. The molecule has 0 aliphatic heterocycles. The van der Waals surface area contributed by atoms with Gasteiger partial charge in [-0.1, -0.05) is 6.07 Å². The lowest BCUT2D eigenvalue weighted by Gasteiger charge is -2.13. The molecular formula is C25H20F3N3O3. The first-order valence-electron chi connectivity index (χ1n) is 10.8. The van der Waals surface area contributed by atoms with Gasteiger partial charge < -0.3 is 14.4 Å². The normalized spacial score (nSPS) is 14.6. The van der Waals surface area contributed by atoms with Crippen molar-refractivity contribution in [2.75, 3.05) is 0 Å². The maximum Gasteiger partial charge on any atom is 0.417 e. The number of hydrogen-bond donors (Lipinski definition) is 1. The number of rotatable bonds is 5. The molecule has 0 amide bonds. The molecule has 1 fully saturated rings. The third-order valence-electron chi connectivity index (χ3n) is 5.98. The lowest BCUT2D eigenvalue weighted by molar-refractivity contribution is -0.137. The molecule has 5 rings (SSSR count). The highest BCUT2D eigenvalue weighted by molar-refractivity contribution is 5.97. The van der Waals surface area contributed by atoms with Gasteiger partial charge in [0.2, 0.25) is 5.88 Å². The van der Waals surface area contributed by atoms with Gasteiger partial charge in [-0.05, 0) is 62.1 Å². The van der Waals surface area contributed by atoms with E-state index in [0.717, 1.165) is 37.9 Å². The van der Waals surface area contributed by atoms with Crippen LogP contribution in [0.15, 0.2) is 60.9 Å². The molecule has 3 heterocycles. The Hall–Kier alpha value is -3.88. The van der Waals surface area contributed by atoms with Crippen LogP contribution < -0.4 is 4.74 Å². The molecule has 0 atom stereocenters. The van der Waals surface area contributed by atoms with Gasteiger partial charge in [0.1, 0.15) is 11.8 Å². The van der Waals surface area contributed by atoms with Crippen LogP contribution in [0, 0.1) is 0 Å². The fourth-order valence-electron chi connectivity index (χ4n) is 4.29. The van der Waals surface area contributed by atoms with Crippen LogP contribution >= 0.6 is 0 Å². The minimum absolute atomic E-state index is 0.0405. The summed E-state index contributed by atoms with van der Waals surface area (Å²) < 4.78 is 46.0. The first-order valence-corrected chi connectivity index (χ1v) is 10.8. The number of nitrogens with zero attached hydrogens (tertiary/aromatic N) is 3. The minimum Gasteiger partial charge on any atom is -0.477 e. The van der Waals surface area contributed by atoms with E-state index < -0.39 is 17.7 Å². The van der Waals surface area contributed by atoms with Crippen molar-refractivity contribution in [3.05, 3.63) is 72.2 Å². The summed E-state index contributed by atoms with van der Waals surface area (Å²) in [7, 11) is 0. The van der Waals surface area contributed by atoms with Crippen molar-refractivity contribution in [1.29, 1.82) is 0 Å². The fraction of sp³-hybridized carbons (Fsp3) is 0.240. The molecule has 34 heavy (non-hydrogen) atoms. The van der Waals surface area contributed by atoms with Gasteiger partial charge in [0.25, 0.3) is 0 Å². The number of carbonyl (C=O) groups is 1. The van der Waals surface area contributed by atoms with Crippen molar-refractivity contribution in [2.24, 2.45) is 0 Å². The smallest absolute Gasteiger partial charge is 0.417 e. The van der Waals surface area contributed by atoms with E-state index in [1.54, 1.807) is 41.1 Å². The highest BCUT2D eigenvalue weighted by atomic mass is 19.4. The number of aromatic nitrogens is 3. The van der Waals surface area contributed by atoms with Crippen LogP contribution in [0.1, 0.15) is 41.7 Å². The number of halogens is 3. The van der Waals surface area contributed by atoms with E-state index in [-0.39, 0.29) is 11.8 Å². The van der Waals surface area contributed by atoms with Crippen LogP contribution in [-0.4, -0.2) is 31.7 Å². The monoisotopic (exact) mass is 467 g/mol. The fourth-order valence-corrected chi connectivity index (χ4v) is 4.29. The van der Waals surface area contributed by atoms with Crippen LogP contribution in [0.2, 0.25) is 0 Å². The second-order valence-corrected chi connectivity index (χ2v) is 8.25. The Bertz CT molecular complexity index is 1340. The molecule has 0 unspecified atom stereocenters. The van der Waals surface area contributed by atoms with Gasteiger partial charge in [0.15, 0.2) is 0 Å². The second-order valence-electron chi connectivity index (χ2n) is 8.25. The number of aromatic carboxylic acids is 1. The van der Waals surface area contributed by atoms with Gasteiger partial charge in [-0.15, -0.1) is 0 Å². The summed E-state index contributed by atoms with van der Waals surface area (Å²) in [5.74, 6) is -0.615. The molecule has 1 aliphatic carbocycles. The van der Waals surface area contributed by atoms with Crippen molar-refractivity contribution < 1.29 is 27.8 Å². The minimum atomic E-state index is -4.46. The average molecular weight is 467 g/mol. The number of ether oxygens (including phenoxy) is 1. The maximum atomic E-state index is 12.8. The molecule has 0 spiro atoms. The van der Waals surface area contributed by atoms with Crippen LogP contribution in [0.25, 0.3) is 27.8 Å². The molecule has 1 N–H and O–H groups in total. The van der Waals surface area contributed by atoms with E-state index in [1.807, 2.05) is 0 Å². The van der Waals surface area contributed by atoms with Crippen molar-refractivity contribution >= 4 is 16.9 Å². The Labute approximate surface area is 192 Å². The Morgan fingerprint density at radius 2 is 1.79 bits per heavy atom. The summed E-state index contributed by atoms with van der Waals surface area (Å²) in [6, 6.07) is 12.4. The number of carboxylic acids is 1. The number of alkyl halides is 3. The van der Waals surface area contributed by atoms with E-state index >= 15 is 0 Å². The van der Waals surface area contributed by atoms with Crippen molar-refractivity contribution in [3.63, 3.8) is 0 Å². The molecule has 3 aromatic heterocycles. The number of fused-ring (bicyclic) bond motifs is 1. The van der Waals surface area contributed by atoms with E-state index in [2.05, 4.69) is 9.97 Å². The molecule has 0 saturated heterocycles. The highest BCUT2D eigenvalue weighted by Crippen LogP contribution is 2.32. The van der Waals surface area contributed by atoms with Crippen molar-refractivity contribution in [1.82, 2.24) is 14.5 Å². The first kappa shape index (κ1) is 21.9. The van der Waals surface area contributed by atoms with Gasteiger partial charge in [-0.3, -0.25) is 4.98 Å². The lowest BCUT2D eigenvalue weighted by atomic mass is 10.1. The zero-order valence-electron chi connectivity index (χ0n) is 17.9. The van der Waals surface area contributed by atoms with E-state index in [4.69, 9.17) is 4.74 Å². The summed E-state index contributed by atoms with van der Waals surface area (Å²) in [5.41, 5.74) is 1.33. The zero-order chi connectivity index (χ0) is 23.9. The topological polar surface area (TPSA) is 77.2 Å². The lowest BCUT2D eigenvalue weighted by Crippen LogP contribution is -2.12. The number of hydrogen-bond acceptors (Lipinski definition) is 4. The van der Waals surface area contributed by atoms with Gasteiger partial charge in [-0.2, -0.15) is 13.2 Å². The van der Waals surface area contributed by atoms with Crippen LogP contribution in [0.4, 0.5) is 13.2 Å². The Kier molecular flexibility index (Phi) is 5.47. The predicted octanol–water partition coefficient (Wildman–Crippen LogP) is 6.13. The van der Waals surface area contributed by atoms with Crippen LogP contribution in [0.5, 0.6) is 5.88 Å². The van der Waals surface area contributed by atoms with Gasteiger partial charge >= 0.3 is 12.1 Å². The predicted molar refractivity (Wildman–Crippen MR) is 119 cm³/mol. The number of pyridine rings is 2. The standard InChI is InChI=1S/C25H20F3N3O3/c26-25(27,28)17-6-8-20(29-13-17)15-5-9-21-16(11-15)12-22(24(32)33)31(21)18-7-10-23(30-14-18)34-19-3-1-2-4-19/h5-14,19H,1-4H2,(H,32,33). The number of carboxylic acid groups (broad SMARTS) is 1. The Morgan fingerprint density at radius 3 is 2.41 bits per heavy atom. The van der Waals surface area contributed by atoms with E-state index in [1.165, 1.54) is 12.1 Å². The summed E-state index contributed by atoms with van der Waals surface area (Å²) in [4.78, 5) is 20.3. The van der Waals surface area contributed by atoms with Crippen LogP contribution in [0.3, 0.4) is 0 Å². The molecular weight excluding hydrogens is 447 g/mol. The third-order valence-corrected chi connectivity index (χ3v) is 5.98. The molecule has 1 aliphatic rings. The van der Waals surface area contributed by atoms with Crippen molar-refractivity contribution in [2.45, 2.75) is 38.0 Å². The molecule has 1 aromatic carbocycles. The molecule has 6 nitrogen and oxygen atoms in total. The maximum absolute atomic E-state index is 12.8. The summed E-state index contributed by atoms with van der Waals surface area (Å²) in [6.45, 7) is 0. The largest absolute Gasteiger partial charge is 0.477 e. The van der Waals surface area contributed by atoms with E-state index in [9.17, 15) is 23.1 Å². The van der Waals surface area contributed by atoms with Gasteiger partial charge in [-0.25, -0.2) is 9.78 Å². The van der Waals surface area contributed by atoms with Gasteiger partial charge in [0.05, 0.1) is 28.7 Å². The van der Waals surface area contributed by atoms with Crippen LogP contribution in [-0.2, 0) is 6.18 Å². The molecule has 0 radical (unpaired) electrons. The second kappa shape index (κ2) is 8.48. The first-order chi connectivity index (χ1) is 16.3. The average Bonchev–Trinajstić information content (AvgIpc) is 3.46. The van der Waals surface area contributed by atoms with E-state index in [0.29, 0.717) is 33.7 Å². The Morgan fingerprint density at radius 1 is 1.00 bits per heavy atom. The summed E-state index contributed by atoms with van der Waals surface area (Å²) >= 11 is 0. The number of benzene rings is 1. The third kappa shape index (κ3) is 4.21. The summed E-state index contributed by atoms with van der Waals surface area (Å²) in [5, 5.41) is 10.4. The van der Waals surface area contributed by atoms with Crippen molar-refractivity contribution in [3.8, 4) is 22.8 Å². The quantitative estimate of drug-likeness (QED) is 0.382. The SMILES string of the molecule is O=C(O)c1cc2cc(-c3ccc(C(F)(F)F)cn3)ccc2n1-c1ccc(OC2CCCC2)nc1. The molecule has 174 valence electrons. The molecule has 9 heteroatoms. The Balaban J connectivity index is 1.50. The molecule has 0 bridgehead atoms. The zero-order valence-corrected chi connectivity index (χ0v) is 17.9. The highest BCUT2D eigenvalue weighted by Gasteiger charge is 2.30. The molecule has 4 aromatic rings. The van der Waals surface area contributed by atoms with Gasteiger partial charge in [0, 0.05) is 23.2 Å². The summed E-state index contributed by atoms with van der Waals surface area (Å²) in [6.07, 6.45) is 2.35.